The smallest absolute Gasteiger partial charge is 0.237 e. The van der Waals surface area contributed by atoms with Gasteiger partial charge in [0, 0.05) is 37.7 Å². The number of nitrogens with zero attached hydrogens (tertiary/aromatic N) is 2. The number of amides is 1. The highest BCUT2D eigenvalue weighted by atomic mass is 35.5. The molecule has 4 nitrogen and oxygen atoms in total. The van der Waals surface area contributed by atoms with Crippen LogP contribution in [0, 0.1) is 0 Å². The van der Waals surface area contributed by atoms with E-state index in [4.69, 9.17) is 11.6 Å². The van der Waals surface area contributed by atoms with Crippen LogP contribution in [-0.2, 0) is 11.3 Å². The molecule has 0 radical (unpaired) electrons. The van der Waals surface area contributed by atoms with Crippen molar-refractivity contribution < 1.29 is 4.79 Å². The number of carbonyl (C=O) groups excluding carboxylic acids is 1. The maximum Gasteiger partial charge on any atom is 0.237 e. The Morgan fingerprint density at radius 2 is 1.74 bits per heavy atom. The van der Waals surface area contributed by atoms with Crippen LogP contribution in [0.15, 0.2) is 54.6 Å². The average Bonchev–Trinajstić information content (AvgIpc) is 2.68. The summed E-state index contributed by atoms with van der Waals surface area (Å²) in [4.78, 5) is 17.3. The van der Waals surface area contributed by atoms with Gasteiger partial charge in [-0.05, 0) is 37.1 Å². The third-order valence-electron chi connectivity index (χ3n) is 5.29. The van der Waals surface area contributed by atoms with Crippen LogP contribution < -0.4 is 5.32 Å². The van der Waals surface area contributed by atoms with E-state index in [1.807, 2.05) is 62.4 Å². The zero-order chi connectivity index (χ0) is 19.2. The van der Waals surface area contributed by atoms with E-state index in [9.17, 15) is 4.79 Å². The maximum absolute atomic E-state index is 12.7. The number of hydrogen-bond donors (Lipinski definition) is 1. The Bertz CT molecular complexity index is 744. The number of nitrogens with one attached hydrogen (secondary N) is 1. The molecule has 0 aliphatic carbocycles. The van der Waals surface area contributed by atoms with Gasteiger partial charge in [-0.2, -0.15) is 0 Å². The molecule has 0 saturated carbocycles. The Labute approximate surface area is 167 Å². The Balaban J connectivity index is 1.47. The highest BCUT2D eigenvalue weighted by molar-refractivity contribution is 6.30. The van der Waals surface area contributed by atoms with Gasteiger partial charge in [-0.15, -0.1) is 0 Å². The summed E-state index contributed by atoms with van der Waals surface area (Å²) in [5.74, 6) is 0.0923. The van der Waals surface area contributed by atoms with Crippen molar-refractivity contribution in [3.63, 3.8) is 0 Å². The van der Waals surface area contributed by atoms with Crippen molar-refractivity contribution in [2.75, 3.05) is 26.2 Å². The van der Waals surface area contributed by atoms with Crippen molar-refractivity contribution in [1.82, 2.24) is 15.1 Å². The molecule has 0 bridgehead atoms. The standard InChI is InChI=1S/C22H28ClN3O/c1-17(20-8-4-3-5-9-20)24-22(27)18(2)26-13-11-25(12-14-26)16-19-7-6-10-21(23)15-19/h3-10,15,17-18H,11-14,16H2,1-2H3,(H,24,27)/t17-,18+/m0/s1. The zero-order valence-electron chi connectivity index (χ0n) is 16.1. The van der Waals surface area contributed by atoms with Gasteiger partial charge in [0.25, 0.3) is 0 Å². The minimum Gasteiger partial charge on any atom is -0.348 e. The summed E-state index contributed by atoms with van der Waals surface area (Å²) >= 11 is 6.08. The van der Waals surface area contributed by atoms with E-state index in [0.717, 1.165) is 43.3 Å². The third-order valence-corrected chi connectivity index (χ3v) is 5.52. The molecule has 0 spiro atoms. The van der Waals surface area contributed by atoms with E-state index in [1.165, 1.54) is 5.56 Å². The van der Waals surface area contributed by atoms with Gasteiger partial charge in [0.1, 0.15) is 0 Å². The minimum atomic E-state index is -0.121. The molecule has 27 heavy (non-hydrogen) atoms. The zero-order valence-corrected chi connectivity index (χ0v) is 16.8. The van der Waals surface area contributed by atoms with Gasteiger partial charge in [0.15, 0.2) is 0 Å². The molecule has 2 atom stereocenters. The van der Waals surface area contributed by atoms with Crippen molar-refractivity contribution in [3.05, 3.63) is 70.7 Å². The predicted octanol–water partition coefficient (Wildman–Crippen LogP) is 3.72. The largest absolute Gasteiger partial charge is 0.348 e. The number of rotatable bonds is 6. The second kappa shape index (κ2) is 9.36. The Morgan fingerprint density at radius 1 is 1.04 bits per heavy atom. The molecule has 1 N–H and O–H groups in total. The summed E-state index contributed by atoms with van der Waals surface area (Å²) in [6, 6.07) is 18.0. The maximum atomic E-state index is 12.7. The van der Waals surface area contributed by atoms with Crippen molar-refractivity contribution in [1.29, 1.82) is 0 Å². The molecule has 1 fully saturated rings. The van der Waals surface area contributed by atoms with E-state index in [0.29, 0.717) is 0 Å². The van der Waals surface area contributed by atoms with E-state index >= 15 is 0 Å². The molecule has 1 aliphatic rings. The monoisotopic (exact) mass is 385 g/mol. The first kappa shape index (κ1) is 19.9. The highest BCUT2D eigenvalue weighted by Crippen LogP contribution is 2.16. The lowest BCUT2D eigenvalue weighted by Crippen LogP contribution is -2.53. The van der Waals surface area contributed by atoms with Crippen molar-refractivity contribution in [2.45, 2.75) is 32.5 Å². The van der Waals surface area contributed by atoms with E-state index in [1.54, 1.807) is 0 Å². The topological polar surface area (TPSA) is 35.6 Å². The van der Waals surface area contributed by atoms with Gasteiger partial charge in [0.2, 0.25) is 5.91 Å². The molecule has 1 saturated heterocycles. The summed E-state index contributed by atoms with van der Waals surface area (Å²) in [5, 5.41) is 3.92. The van der Waals surface area contributed by atoms with E-state index < -0.39 is 0 Å². The molecule has 1 heterocycles. The minimum absolute atomic E-state index is 0.0188. The fourth-order valence-corrected chi connectivity index (χ4v) is 3.74. The number of hydrogen-bond acceptors (Lipinski definition) is 3. The van der Waals surface area contributed by atoms with Crippen LogP contribution in [-0.4, -0.2) is 47.9 Å². The molecule has 1 aliphatic heterocycles. The van der Waals surface area contributed by atoms with E-state index in [2.05, 4.69) is 21.2 Å². The van der Waals surface area contributed by atoms with Crippen LogP contribution >= 0.6 is 11.6 Å². The van der Waals surface area contributed by atoms with Crippen molar-refractivity contribution in [3.8, 4) is 0 Å². The van der Waals surface area contributed by atoms with Crippen molar-refractivity contribution in [2.24, 2.45) is 0 Å². The Kier molecular flexibility index (Phi) is 6.89. The SMILES string of the molecule is C[C@H](NC(=O)[C@@H](C)N1CCN(Cc2cccc(Cl)c2)CC1)c1ccccc1. The molecular weight excluding hydrogens is 358 g/mol. The van der Waals surface area contributed by atoms with Crippen LogP contribution in [0.25, 0.3) is 0 Å². The average molecular weight is 386 g/mol. The molecule has 2 aromatic carbocycles. The number of piperazine rings is 1. The lowest BCUT2D eigenvalue weighted by molar-refractivity contribution is -0.127. The van der Waals surface area contributed by atoms with E-state index in [-0.39, 0.29) is 18.0 Å². The van der Waals surface area contributed by atoms with Crippen LogP contribution in [0.4, 0.5) is 0 Å². The second-order valence-corrected chi connectivity index (χ2v) is 7.70. The summed E-state index contributed by atoms with van der Waals surface area (Å²) < 4.78 is 0. The van der Waals surface area contributed by atoms with Crippen LogP contribution in [0.5, 0.6) is 0 Å². The summed E-state index contributed by atoms with van der Waals surface area (Å²) in [5.41, 5.74) is 2.36. The molecule has 2 aromatic rings. The lowest BCUT2D eigenvalue weighted by atomic mass is 10.1. The van der Waals surface area contributed by atoms with Gasteiger partial charge in [-0.25, -0.2) is 0 Å². The summed E-state index contributed by atoms with van der Waals surface area (Å²) in [6.45, 7) is 8.64. The number of benzene rings is 2. The summed E-state index contributed by atoms with van der Waals surface area (Å²) in [7, 11) is 0. The van der Waals surface area contributed by atoms with Crippen LogP contribution in [0.1, 0.15) is 31.0 Å². The lowest BCUT2D eigenvalue weighted by Gasteiger charge is -2.37. The van der Waals surface area contributed by atoms with Gasteiger partial charge < -0.3 is 5.32 Å². The molecular formula is C22H28ClN3O. The van der Waals surface area contributed by atoms with Gasteiger partial charge >= 0.3 is 0 Å². The molecule has 3 rings (SSSR count). The number of carbonyl (C=O) groups is 1. The van der Waals surface area contributed by atoms with Crippen LogP contribution in [0.3, 0.4) is 0 Å². The molecule has 144 valence electrons. The first-order valence-corrected chi connectivity index (χ1v) is 9.97. The second-order valence-electron chi connectivity index (χ2n) is 7.26. The van der Waals surface area contributed by atoms with Gasteiger partial charge in [-0.1, -0.05) is 54.1 Å². The number of halogens is 1. The molecule has 0 aromatic heterocycles. The first-order valence-electron chi connectivity index (χ1n) is 9.59. The quantitative estimate of drug-likeness (QED) is 0.823. The van der Waals surface area contributed by atoms with Gasteiger partial charge in [0.05, 0.1) is 12.1 Å². The highest BCUT2D eigenvalue weighted by Gasteiger charge is 2.26. The Morgan fingerprint density at radius 3 is 2.41 bits per heavy atom. The fourth-order valence-electron chi connectivity index (χ4n) is 3.53. The van der Waals surface area contributed by atoms with Gasteiger partial charge in [-0.3, -0.25) is 14.6 Å². The third kappa shape index (κ3) is 5.55. The van der Waals surface area contributed by atoms with Crippen molar-refractivity contribution >= 4 is 17.5 Å². The normalized spacial score (nSPS) is 18.0. The Hall–Kier alpha value is -1.88. The summed E-state index contributed by atoms with van der Waals surface area (Å²) in [6.07, 6.45) is 0. The first-order chi connectivity index (χ1) is 13.0. The predicted molar refractivity (Wildman–Crippen MR) is 111 cm³/mol. The molecule has 0 unspecified atom stereocenters. The molecule has 1 amide bonds. The molecule has 5 heteroatoms. The van der Waals surface area contributed by atoms with Crippen LogP contribution in [0.2, 0.25) is 5.02 Å². The fraction of sp³-hybridized carbons (Fsp3) is 0.409.